The van der Waals surface area contributed by atoms with Crippen LogP contribution in [0.5, 0.6) is 11.5 Å². The Bertz CT molecular complexity index is 1390. The second-order valence-corrected chi connectivity index (χ2v) is 8.27. The molecule has 3 aromatic carbocycles. The van der Waals surface area contributed by atoms with Crippen LogP contribution in [-0.4, -0.2) is 47.3 Å². The number of hydrogen-bond donors (Lipinski definition) is 0. The first kappa shape index (κ1) is 23.0. The topological polar surface area (TPSA) is 119 Å². The van der Waals surface area contributed by atoms with Crippen molar-refractivity contribution in [2.24, 2.45) is 0 Å². The maximum Gasteiger partial charge on any atom is 0.270 e. The van der Waals surface area contributed by atoms with Crippen LogP contribution in [0.2, 0.25) is 0 Å². The number of β-lactam (4-membered cyclic amide) rings is 1. The van der Waals surface area contributed by atoms with Crippen molar-refractivity contribution in [1.82, 2.24) is 4.90 Å². The van der Waals surface area contributed by atoms with E-state index in [4.69, 9.17) is 9.47 Å². The van der Waals surface area contributed by atoms with Crippen LogP contribution in [0.4, 0.5) is 11.4 Å². The molecule has 2 heterocycles. The number of nitro benzene ring substituents is 1. The highest BCUT2D eigenvalue weighted by molar-refractivity contribution is 6.25. The van der Waals surface area contributed by atoms with Crippen molar-refractivity contribution in [3.63, 3.8) is 0 Å². The molecule has 2 aliphatic rings. The summed E-state index contributed by atoms with van der Waals surface area (Å²) in [6, 6.07) is 15.7. The van der Waals surface area contributed by atoms with Gasteiger partial charge in [0.15, 0.2) is 0 Å². The molecule has 0 radical (unpaired) electrons. The summed E-state index contributed by atoms with van der Waals surface area (Å²) < 4.78 is 10.7. The van der Waals surface area contributed by atoms with Gasteiger partial charge < -0.3 is 14.4 Å². The second-order valence-electron chi connectivity index (χ2n) is 8.27. The van der Waals surface area contributed by atoms with Gasteiger partial charge in [-0.25, -0.2) is 0 Å². The molecular weight excluding hydrogens is 466 g/mol. The second kappa shape index (κ2) is 8.81. The van der Waals surface area contributed by atoms with E-state index < -0.39 is 34.7 Å². The maximum atomic E-state index is 13.5. The van der Waals surface area contributed by atoms with Gasteiger partial charge in [-0.2, -0.15) is 0 Å². The summed E-state index contributed by atoms with van der Waals surface area (Å²) >= 11 is 0. The number of carbonyl (C=O) groups excluding carboxylic acids is 3. The predicted octanol–water partition coefficient (Wildman–Crippen LogP) is 3.75. The molecule has 0 aliphatic carbocycles. The van der Waals surface area contributed by atoms with Crippen LogP contribution in [0.25, 0.3) is 0 Å². The maximum absolute atomic E-state index is 13.5. The van der Waals surface area contributed by atoms with E-state index in [0.29, 0.717) is 29.4 Å². The molecule has 10 nitrogen and oxygen atoms in total. The number of amides is 3. The van der Waals surface area contributed by atoms with Crippen molar-refractivity contribution in [2.45, 2.75) is 19.0 Å². The van der Waals surface area contributed by atoms with Gasteiger partial charge in [0.2, 0.25) is 0 Å². The number of carbonyl (C=O) groups is 3. The molecule has 1 fully saturated rings. The Morgan fingerprint density at radius 3 is 2.08 bits per heavy atom. The Morgan fingerprint density at radius 2 is 1.47 bits per heavy atom. The number of ether oxygens (including phenoxy) is 2. The normalized spacial score (nSPS) is 18.7. The first-order valence-electron chi connectivity index (χ1n) is 11.2. The number of imide groups is 1. The number of nitro groups is 1. The average molecular weight is 487 g/mol. The molecule has 3 aromatic rings. The first-order chi connectivity index (χ1) is 17.3. The van der Waals surface area contributed by atoms with Crippen molar-refractivity contribution in [3.8, 4) is 11.5 Å². The number of non-ortho nitro benzene ring substituents is 1. The Labute approximate surface area is 205 Å². The third kappa shape index (κ3) is 3.54. The molecule has 36 heavy (non-hydrogen) atoms. The van der Waals surface area contributed by atoms with Gasteiger partial charge in [-0.15, -0.1) is 0 Å². The zero-order chi connectivity index (χ0) is 25.6. The third-order valence-corrected chi connectivity index (χ3v) is 6.34. The van der Waals surface area contributed by atoms with Crippen LogP contribution in [0.3, 0.4) is 0 Å². The van der Waals surface area contributed by atoms with Gasteiger partial charge in [-0.3, -0.25) is 29.4 Å². The molecular formula is C26H21N3O7. The van der Waals surface area contributed by atoms with E-state index in [1.54, 1.807) is 48.5 Å². The third-order valence-electron chi connectivity index (χ3n) is 6.34. The molecule has 0 spiro atoms. The molecule has 2 aliphatic heterocycles. The van der Waals surface area contributed by atoms with E-state index in [2.05, 4.69) is 0 Å². The lowest BCUT2D eigenvalue weighted by Gasteiger charge is -2.49. The van der Waals surface area contributed by atoms with E-state index >= 15 is 0 Å². The summed E-state index contributed by atoms with van der Waals surface area (Å²) in [7, 11) is 1.54. The number of hydrogen-bond acceptors (Lipinski definition) is 7. The van der Waals surface area contributed by atoms with Gasteiger partial charge in [0.05, 0.1) is 35.8 Å². The molecule has 182 valence electrons. The van der Waals surface area contributed by atoms with Crippen molar-refractivity contribution in [3.05, 3.63) is 93.5 Å². The molecule has 0 aromatic heterocycles. The van der Waals surface area contributed by atoms with E-state index in [-0.39, 0.29) is 16.8 Å². The summed E-state index contributed by atoms with van der Waals surface area (Å²) in [5.41, 5.74) is 0.909. The van der Waals surface area contributed by atoms with Crippen molar-refractivity contribution in [2.75, 3.05) is 18.6 Å². The van der Waals surface area contributed by atoms with Crippen LogP contribution in [-0.2, 0) is 4.79 Å². The summed E-state index contributed by atoms with van der Waals surface area (Å²) in [4.78, 5) is 53.0. The zero-order valence-corrected chi connectivity index (χ0v) is 19.4. The minimum absolute atomic E-state index is 0.0340. The molecule has 10 heteroatoms. The molecule has 2 atom stereocenters. The van der Waals surface area contributed by atoms with Crippen molar-refractivity contribution < 1.29 is 28.8 Å². The van der Waals surface area contributed by atoms with Crippen LogP contribution < -0.4 is 14.4 Å². The lowest BCUT2D eigenvalue weighted by atomic mass is 9.86. The fraction of sp³-hybridized carbons (Fsp3) is 0.192. The standard InChI is InChI=1S/C26H21N3O7/c1-3-36-19-9-4-15(5-10-19)22-23(26(32)27(22)16-6-11-18(35-2)12-7-16)28-24(30)20-13-8-17(29(33)34)14-21(20)25(28)31/h4-14,22-23H,3H2,1-2H3. The van der Waals surface area contributed by atoms with Crippen molar-refractivity contribution in [1.29, 1.82) is 0 Å². The fourth-order valence-corrected chi connectivity index (χ4v) is 4.63. The quantitative estimate of drug-likeness (QED) is 0.215. The van der Waals surface area contributed by atoms with E-state index in [0.717, 1.165) is 11.0 Å². The van der Waals surface area contributed by atoms with Gasteiger partial charge in [0.25, 0.3) is 23.4 Å². The summed E-state index contributed by atoms with van der Waals surface area (Å²) in [5, 5.41) is 11.2. The SMILES string of the molecule is CCOc1ccc(C2C(N3C(=O)c4ccc([N+](=O)[O-])cc4C3=O)C(=O)N2c2ccc(OC)cc2)cc1. The number of anilines is 1. The highest BCUT2D eigenvalue weighted by Gasteiger charge is 2.57. The van der Waals surface area contributed by atoms with Gasteiger partial charge >= 0.3 is 0 Å². The summed E-state index contributed by atoms with van der Waals surface area (Å²) in [5.74, 6) is -0.575. The van der Waals surface area contributed by atoms with Gasteiger partial charge in [0, 0.05) is 17.8 Å². The summed E-state index contributed by atoms with van der Waals surface area (Å²) in [6.07, 6.45) is 0. The van der Waals surface area contributed by atoms with Gasteiger partial charge in [-0.1, -0.05) is 12.1 Å². The van der Waals surface area contributed by atoms with Crippen LogP contribution in [0.15, 0.2) is 66.7 Å². The van der Waals surface area contributed by atoms with Crippen LogP contribution >= 0.6 is 0 Å². The van der Waals surface area contributed by atoms with Gasteiger partial charge in [-0.05, 0) is 55.0 Å². The smallest absolute Gasteiger partial charge is 0.270 e. The lowest BCUT2D eigenvalue weighted by Crippen LogP contribution is -2.67. The van der Waals surface area contributed by atoms with Crippen LogP contribution in [0.1, 0.15) is 39.2 Å². The molecule has 3 amide bonds. The number of methoxy groups -OCH3 is 1. The Hall–Kier alpha value is -4.73. The minimum Gasteiger partial charge on any atom is -0.497 e. The van der Waals surface area contributed by atoms with E-state index in [1.807, 2.05) is 6.92 Å². The molecule has 5 rings (SSSR count). The number of rotatable bonds is 7. The monoisotopic (exact) mass is 487 g/mol. The number of fused-ring (bicyclic) bond motifs is 1. The number of nitrogens with zero attached hydrogens (tertiary/aromatic N) is 3. The first-order valence-corrected chi connectivity index (χ1v) is 11.2. The highest BCUT2D eigenvalue weighted by Crippen LogP contribution is 2.45. The molecule has 0 N–H and O–H groups in total. The number of benzene rings is 3. The molecule has 1 saturated heterocycles. The largest absolute Gasteiger partial charge is 0.497 e. The Balaban J connectivity index is 1.55. The minimum atomic E-state index is -1.11. The molecule has 0 saturated carbocycles. The fourth-order valence-electron chi connectivity index (χ4n) is 4.63. The highest BCUT2D eigenvalue weighted by atomic mass is 16.6. The molecule has 2 unspecified atom stereocenters. The lowest BCUT2D eigenvalue weighted by molar-refractivity contribution is -0.384. The zero-order valence-electron chi connectivity index (χ0n) is 19.4. The van der Waals surface area contributed by atoms with Crippen LogP contribution in [0, 0.1) is 10.1 Å². The summed E-state index contributed by atoms with van der Waals surface area (Å²) in [6.45, 7) is 2.36. The Morgan fingerprint density at radius 1 is 0.833 bits per heavy atom. The predicted molar refractivity (Wildman–Crippen MR) is 128 cm³/mol. The Kier molecular flexibility index (Phi) is 5.63. The van der Waals surface area contributed by atoms with Gasteiger partial charge in [0.1, 0.15) is 17.5 Å². The van der Waals surface area contributed by atoms with Crippen molar-refractivity contribution >= 4 is 29.1 Å². The average Bonchev–Trinajstić information content (AvgIpc) is 3.13. The molecule has 0 bridgehead atoms. The van der Waals surface area contributed by atoms with E-state index in [9.17, 15) is 24.5 Å². The van der Waals surface area contributed by atoms with E-state index in [1.165, 1.54) is 24.1 Å².